The van der Waals surface area contributed by atoms with Gasteiger partial charge >= 0.3 is 0 Å². The van der Waals surface area contributed by atoms with Gasteiger partial charge in [-0.05, 0) is 72.2 Å². The highest BCUT2D eigenvalue weighted by atomic mass is 32.2. The van der Waals surface area contributed by atoms with Crippen LogP contribution in [0.15, 0.2) is 106 Å². The lowest BCUT2D eigenvalue weighted by molar-refractivity contribution is -0.142. The Morgan fingerprint density at radius 2 is 1.72 bits per heavy atom. The Hall–Kier alpha value is -6.41. The molecule has 1 aliphatic heterocycles. The quantitative estimate of drug-likeness (QED) is 0.0543. The van der Waals surface area contributed by atoms with Crippen LogP contribution in [-0.4, -0.2) is 90.3 Å². The number of ether oxygens (including phenoxy) is 2. The Labute approximate surface area is 396 Å². The zero-order chi connectivity index (χ0) is 47.8. The number of likely N-dealkylation sites (tertiary alicyclic amines) is 1. The molecule has 67 heavy (non-hydrogen) atoms. The van der Waals surface area contributed by atoms with E-state index in [0.717, 1.165) is 27.2 Å². The van der Waals surface area contributed by atoms with Crippen LogP contribution in [0.3, 0.4) is 0 Å². The first-order valence-electron chi connectivity index (χ1n) is 21.7. The van der Waals surface area contributed by atoms with Crippen molar-refractivity contribution in [1.29, 1.82) is 0 Å². The third kappa shape index (κ3) is 10.00. The number of nitrogens with one attached hydrogen (secondary N) is 5. The molecule has 6 aromatic rings. The van der Waals surface area contributed by atoms with Gasteiger partial charge in [0, 0.05) is 46.8 Å². The number of anilines is 1. The van der Waals surface area contributed by atoms with Gasteiger partial charge in [-0.15, -0.1) is 29.3 Å². The number of carbonyl (C=O) groups excluding carboxylic acids is 4. The first kappa shape index (κ1) is 47.1. The predicted octanol–water partition coefficient (Wildman–Crippen LogP) is 6.67. The van der Waals surface area contributed by atoms with Crippen molar-refractivity contribution in [2.24, 2.45) is 11.3 Å². The number of thiazole rings is 1. The maximum absolute atomic E-state index is 15.0. The van der Waals surface area contributed by atoms with Crippen molar-refractivity contribution in [2.75, 3.05) is 19.0 Å². The van der Waals surface area contributed by atoms with Crippen LogP contribution in [-0.2, 0) is 24.4 Å². The van der Waals surface area contributed by atoms with Crippen LogP contribution in [0.1, 0.15) is 57.8 Å². The van der Waals surface area contributed by atoms with E-state index in [-0.39, 0.29) is 29.6 Å². The van der Waals surface area contributed by atoms with Gasteiger partial charge in [-0.3, -0.25) is 30.0 Å². The molecule has 2 fully saturated rings. The molecule has 1 saturated carbocycles. The van der Waals surface area contributed by atoms with Crippen LogP contribution in [0.2, 0.25) is 0 Å². The number of rotatable bonds is 15. The first-order chi connectivity index (χ1) is 31.9. The minimum absolute atomic E-state index is 0.0283. The Morgan fingerprint density at radius 3 is 2.40 bits per heavy atom. The smallest absolute Gasteiger partial charge is 0.269 e. The van der Waals surface area contributed by atoms with E-state index in [1.807, 2.05) is 49.6 Å². The Morgan fingerprint density at radius 1 is 0.940 bits per heavy atom. The maximum Gasteiger partial charge on any atom is 0.269 e. The number of nitrogens with zero attached hydrogens (tertiary/aromatic N) is 3. The topological polar surface area (TPSA) is 210 Å². The van der Waals surface area contributed by atoms with E-state index in [0.29, 0.717) is 39.4 Å². The van der Waals surface area contributed by atoms with Gasteiger partial charge in [-0.1, -0.05) is 63.2 Å². The number of carbonyl (C=O) groups is 4. The summed E-state index contributed by atoms with van der Waals surface area (Å²) in [5, 5.41) is 12.9. The summed E-state index contributed by atoms with van der Waals surface area (Å²) in [7, 11) is -2.60. The van der Waals surface area contributed by atoms with Crippen molar-refractivity contribution in [2.45, 2.75) is 81.4 Å². The number of thiophene rings is 1. The lowest BCUT2D eigenvalue weighted by Gasteiger charge is -2.35. The molecule has 4 heterocycles. The second-order valence-corrected chi connectivity index (χ2v) is 21.8. The molecule has 5 atom stereocenters. The molecule has 350 valence electrons. The summed E-state index contributed by atoms with van der Waals surface area (Å²) in [6.07, 6.45) is 0.889. The number of benzene rings is 3. The number of methoxy groups -OCH3 is 1. The third-order valence-corrected chi connectivity index (χ3v) is 15.4. The summed E-state index contributed by atoms with van der Waals surface area (Å²) in [6.45, 7) is 13.0. The van der Waals surface area contributed by atoms with Crippen LogP contribution in [0, 0.1) is 11.3 Å². The van der Waals surface area contributed by atoms with Gasteiger partial charge in [0.25, 0.3) is 21.8 Å². The lowest BCUT2D eigenvalue weighted by Crippen LogP contribution is -2.60. The lowest BCUT2D eigenvalue weighted by atomic mass is 9.86. The van der Waals surface area contributed by atoms with Crippen molar-refractivity contribution in [3.05, 3.63) is 108 Å². The fourth-order valence-electron chi connectivity index (χ4n) is 8.15. The van der Waals surface area contributed by atoms with Gasteiger partial charge in [0.2, 0.25) is 11.8 Å². The molecule has 8 rings (SSSR count). The Bertz CT molecular complexity index is 2990. The molecule has 0 bridgehead atoms. The normalized spacial score (nSPS) is 19.7. The van der Waals surface area contributed by atoms with Gasteiger partial charge in [-0.25, -0.2) is 18.4 Å². The van der Waals surface area contributed by atoms with Crippen molar-refractivity contribution >= 4 is 83.1 Å². The number of hydrogen-bond acceptors (Lipinski definition) is 13. The van der Waals surface area contributed by atoms with Gasteiger partial charge in [0.1, 0.15) is 45.1 Å². The zero-order valence-corrected chi connectivity index (χ0v) is 40.2. The molecule has 3 aromatic carbocycles. The summed E-state index contributed by atoms with van der Waals surface area (Å²) in [6, 6.07) is 20.5. The molecule has 2 aliphatic rings. The second-order valence-electron chi connectivity index (χ2n) is 18.0. The van der Waals surface area contributed by atoms with Gasteiger partial charge in [0.05, 0.1) is 24.9 Å². The summed E-state index contributed by atoms with van der Waals surface area (Å²) in [5.74, 6) is -2.10. The second kappa shape index (κ2) is 18.7. The van der Waals surface area contributed by atoms with E-state index < -0.39 is 68.7 Å². The molecule has 19 heteroatoms. The van der Waals surface area contributed by atoms with Crippen LogP contribution < -0.4 is 35.7 Å². The van der Waals surface area contributed by atoms with Crippen LogP contribution in [0.4, 0.5) is 5.13 Å². The van der Waals surface area contributed by atoms with Crippen molar-refractivity contribution in [3.8, 4) is 22.9 Å². The number of pyridine rings is 1. The third-order valence-electron chi connectivity index (χ3n) is 11.8. The van der Waals surface area contributed by atoms with E-state index in [9.17, 15) is 27.6 Å². The van der Waals surface area contributed by atoms with Gasteiger partial charge in [0.15, 0.2) is 5.13 Å². The van der Waals surface area contributed by atoms with E-state index in [1.54, 1.807) is 81.8 Å². The average Bonchev–Trinajstić information content (AvgIpc) is 3.76. The highest BCUT2D eigenvalue weighted by Crippen LogP contribution is 2.45. The van der Waals surface area contributed by atoms with Crippen molar-refractivity contribution < 1.29 is 37.1 Å². The molecular weight excluding hydrogens is 913 g/mol. The van der Waals surface area contributed by atoms with Crippen LogP contribution >= 0.6 is 22.7 Å². The molecule has 0 spiro atoms. The number of amides is 4. The minimum atomic E-state index is -4.16. The number of hydrogen-bond donors (Lipinski definition) is 5. The fourth-order valence-corrected chi connectivity index (χ4v) is 11.4. The van der Waals surface area contributed by atoms with E-state index in [2.05, 4.69) is 32.8 Å². The first-order valence-corrected chi connectivity index (χ1v) is 24.9. The summed E-state index contributed by atoms with van der Waals surface area (Å²) in [5.41, 5.74) is 4.48. The Kier molecular flexibility index (Phi) is 13.1. The average molecular weight is 965 g/mol. The standard InChI is InChI=1S/C48H52N8O8S3/c1-8-31-24-48(31,45(60)54-53-42(57)30-16-15-28-12-9-10-13-29(28)20-30)52-43(58)38-22-33(25-56(38)44(59)41(47(4,5)6)55-67(61,62)40-14-11-19-65-40)64-39-23-36(37-26-66-46(51-37)49-27(2)3)50-35-21-32(63-7)17-18-34(35)39/h8-21,23,26-27,31,33,38,41,55H,1,22,24-25H2,2-7H3,(H,49,51)(H,52,58)(H,53,57)(H,54,60)/t31-,33-,38+,41-,48+/m1/s1. The summed E-state index contributed by atoms with van der Waals surface area (Å²) >= 11 is 2.45. The van der Waals surface area contributed by atoms with Gasteiger partial charge < -0.3 is 25.0 Å². The monoisotopic (exact) mass is 964 g/mol. The minimum Gasteiger partial charge on any atom is -0.497 e. The van der Waals surface area contributed by atoms with Crippen LogP contribution in [0.5, 0.6) is 11.5 Å². The molecule has 1 aliphatic carbocycles. The number of hydrazine groups is 1. The van der Waals surface area contributed by atoms with Gasteiger partial charge in [-0.2, -0.15) is 4.72 Å². The summed E-state index contributed by atoms with van der Waals surface area (Å²) < 4.78 is 42.3. The van der Waals surface area contributed by atoms with E-state index in [4.69, 9.17) is 19.4 Å². The van der Waals surface area contributed by atoms with Crippen LogP contribution in [0.25, 0.3) is 33.1 Å². The SMILES string of the molecule is C=C[C@@H]1C[C@@]1(NC(=O)[C@@H]1C[C@@H](Oc2cc(-c3csc(NC(C)C)n3)nc3cc(OC)ccc23)CN1C(=O)[C@@H](NS(=O)(=O)c1cccs1)C(C)(C)C)C(=O)NNC(=O)c1ccc2ccccc2c1. The molecule has 16 nitrogen and oxygen atoms in total. The number of fused-ring (bicyclic) bond motifs is 2. The molecule has 5 N–H and O–H groups in total. The molecule has 0 radical (unpaired) electrons. The molecule has 1 saturated heterocycles. The molecule has 3 aromatic heterocycles. The predicted molar refractivity (Wildman–Crippen MR) is 259 cm³/mol. The number of sulfonamides is 1. The Balaban J connectivity index is 1.10. The molecule has 0 unspecified atom stereocenters. The summed E-state index contributed by atoms with van der Waals surface area (Å²) in [4.78, 5) is 68.0. The largest absolute Gasteiger partial charge is 0.497 e. The molecular formula is C48H52N8O8S3. The fraction of sp³-hybridized carbons (Fsp3) is 0.333. The zero-order valence-electron chi connectivity index (χ0n) is 37.8. The molecule has 4 amide bonds. The highest BCUT2D eigenvalue weighted by molar-refractivity contribution is 7.91. The number of aromatic nitrogens is 2. The van der Waals surface area contributed by atoms with Crippen molar-refractivity contribution in [1.82, 2.24) is 35.8 Å². The maximum atomic E-state index is 15.0. The highest BCUT2D eigenvalue weighted by Gasteiger charge is 2.61. The van der Waals surface area contributed by atoms with E-state index >= 15 is 0 Å². The van der Waals surface area contributed by atoms with Crippen molar-refractivity contribution in [3.63, 3.8) is 0 Å². The van der Waals surface area contributed by atoms with E-state index in [1.165, 1.54) is 22.3 Å².